The van der Waals surface area contributed by atoms with Gasteiger partial charge in [-0.2, -0.15) is 0 Å². The van der Waals surface area contributed by atoms with Crippen LogP contribution in [0.2, 0.25) is 0 Å². The lowest BCUT2D eigenvalue weighted by atomic mass is 10.1. The molecule has 1 aromatic rings. The molecular weight excluding hydrogens is 218 g/mol. The van der Waals surface area contributed by atoms with Gasteiger partial charge in [-0.05, 0) is 32.1 Å². The van der Waals surface area contributed by atoms with Crippen LogP contribution in [-0.2, 0) is 11.3 Å². The Morgan fingerprint density at radius 2 is 2.53 bits per heavy atom. The Hall–Kier alpha value is -0.940. The van der Waals surface area contributed by atoms with E-state index in [9.17, 15) is 5.11 Å². The second-order valence-corrected chi connectivity index (χ2v) is 4.61. The van der Waals surface area contributed by atoms with Crippen molar-refractivity contribution in [3.8, 4) is 0 Å². The van der Waals surface area contributed by atoms with Crippen molar-refractivity contribution in [1.29, 1.82) is 0 Å². The van der Waals surface area contributed by atoms with Crippen molar-refractivity contribution >= 4 is 0 Å². The summed E-state index contributed by atoms with van der Waals surface area (Å²) in [5, 5.41) is 17.6. The van der Waals surface area contributed by atoms with Gasteiger partial charge in [-0.15, -0.1) is 5.10 Å². The van der Waals surface area contributed by atoms with Gasteiger partial charge in [-0.25, -0.2) is 0 Å². The van der Waals surface area contributed by atoms with Crippen molar-refractivity contribution in [3.05, 3.63) is 11.9 Å². The zero-order valence-electron chi connectivity index (χ0n) is 10.4. The third-order valence-electron chi connectivity index (χ3n) is 3.22. The Morgan fingerprint density at radius 1 is 1.65 bits per heavy atom. The van der Waals surface area contributed by atoms with E-state index >= 15 is 0 Å². The lowest BCUT2D eigenvalue weighted by molar-refractivity contribution is 0.101. The molecule has 1 aliphatic rings. The Balaban J connectivity index is 1.73. The van der Waals surface area contributed by atoms with Gasteiger partial charge in [0.05, 0.1) is 18.4 Å². The van der Waals surface area contributed by atoms with Gasteiger partial charge in [-0.3, -0.25) is 4.68 Å². The number of nitrogens with zero attached hydrogens (tertiary/aromatic N) is 3. The van der Waals surface area contributed by atoms with Crippen LogP contribution in [-0.4, -0.2) is 32.8 Å². The number of aliphatic hydroxyl groups excluding tert-OH is 1. The van der Waals surface area contributed by atoms with E-state index in [0.29, 0.717) is 18.2 Å². The highest BCUT2D eigenvalue weighted by Crippen LogP contribution is 2.17. The summed E-state index contributed by atoms with van der Waals surface area (Å²) in [6.07, 6.45) is 7.00. The van der Waals surface area contributed by atoms with Crippen molar-refractivity contribution in [1.82, 2.24) is 15.0 Å². The molecule has 1 aliphatic heterocycles. The molecule has 96 valence electrons. The fraction of sp³-hybridized carbons (Fsp3) is 0.833. The summed E-state index contributed by atoms with van der Waals surface area (Å²) in [6.45, 7) is 3.70. The van der Waals surface area contributed by atoms with Crippen molar-refractivity contribution in [3.63, 3.8) is 0 Å². The van der Waals surface area contributed by atoms with Crippen LogP contribution in [0.3, 0.4) is 0 Å². The van der Waals surface area contributed by atoms with E-state index in [-0.39, 0.29) is 0 Å². The summed E-state index contributed by atoms with van der Waals surface area (Å²) in [5.74, 6) is 0. The van der Waals surface area contributed by atoms with Crippen molar-refractivity contribution in [2.45, 2.75) is 57.8 Å². The molecule has 0 saturated carbocycles. The van der Waals surface area contributed by atoms with Crippen LogP contribution < -0.4 is 0 Å². The fourth-order valence-corrected chi connectivity index (χ4v) is 2.14. The predicted octanol–water partition coefficient (Wildman–Crippen LogP) is 1.68. The molecule has 1 fully saturated rings. The highest BCUT2D eigenvalue weighted by Gasteiger charge is 2.15. The Bertz CT molecular complexity index is 334. The summed E-state index contributed by atoms with van der Waals surface area (Å²) in [7, 11) is 0. The molecule has 2 heterocycles. The molecule has 0 radical (unpaired) electrons. The summed E-state index contributed by atoms with van der Waals surface area (Å²) in [6, 6.07) is 0. The van der Waals surface area contributed by atoms with Gasteiger partial charge in [0.25, 0.3) is 0 Å². The van der Waals surface area contributed by atoms with Crippen LogP contribution in [0.4, 0.5) is 0 Å². The first-order valence-electron chi connectivity index (χ1n) is 6.49. The zero-order valence-corrected chi connectivity index (χ0v) is 10.4. The Labute approximate surface area is 102 Å². The number of aromatic nitrogens is 3. The second-order valence-electron chi connectivity index (χ2n) is 4.61. The molecule has 0 aromatic carbocycles. The van der Waals surface area contributed by atoms with Gasteiger partial charge < -0.3 is 9.84 Å². The number of aliphatic hydroxyl groups is 1. The standard InChI is InChI=1S/C12H21N3O2/c1-2-12(16)11-9-15(14-13-11)7-3-5-10-6-4-8-17-10/h9-10,12,16H,2-8H2,1H3. The van der Waals surface area contributed by atoms with Crippen LogP contribution in [0.1, 0.15) is 50.8 Å². The molecule has 1 saturated heterocycles. The van der Waals surface area contributed by atoms with E-state index in [4.69, 9.17) is 4.74 Å². The van der Waals surface area contributed by atoms with E-state index in [1.165, 1.54) is 12.8 Å². The number of hydrogen-bond donors (Lipinski definition) is 1. The van der Waals surface area contributed by atoms with E-state index in [0.717, 1.165) is 26.0 Å². The fourth-order valence-electron chi connectivity index (χ4n) is 2.14. The molecule has 1 aromatic heterocycles. The Morgan fingerprint density at radius 3 is 3.24 bits per heavy atom. The monoisotopic (exact) mass is 239 g/mol. The normalized spacial score (nSPS) is 21.9. The van der Waals surface area contributed by atoms with Gasteiger partial charge in [0.2, 0.25) is 0 Å². The van der Waals surface area contributed by atoms with Gasteiger partial charge in [0.1, 0.15) is 5.69 Å². The van der Waals surface area contributed by atoms with E-state index in [1.807, 2.05) is 17.8 Å². The maximum atomic E-state index is 9.60. The molecule has 0 bridgehead atoms. The van der Waals surface area contributed by atoms with Crippen molar-refractivity contribution < 1.29 is 9.84 Å². The third-order valence-corrected chi connectivity index (χ3v) is 3.22. The molecule has 5 nitrogen and oxygen atoms in total. The zero-order chi connectivity index (χ0) is 12.1. The number of aryl methyl sites for hydroxylation is 1. The van der Waals surface area contributed by atoms with Gasteiger partial charge in [0, 0.05) is 13.2 Å². The molecular formula is C12H21N3O2. The third kappa shape index (κ3) is 3.51. The number of ether oxygens (including phenoxy) is 1. The van der Waals surface area contributed by atoms with Crippen LogP contribution >= 0.6 is 0 Å². The lowest BCUT2D eigenvalue weighted by Gasteiger charge is -2.08. The van der Waals surface area contributed by atoms with Gasteiger partial charge in [-0.1, -0.05) is 12.1 Å². The molecule has 0 amide bonds. The number of rotatable bonds is 6. The maximum absolute atomic E-state index is 9.60. The first-order chi connectivity index (χ1) is 8.29. The first kappa shape index (κ1) is 12.5. The highest BCUT2D eigenvalue weighted by molar-refractivity contribution is 4.96. The topological polar surface area (TPSA) is 60.2 Å². The number of hydrogen-bond acceptors (Lipinski definition) is 4. The highest BCUT2D eigenvalue weighted by atomic mass is 16.5. The summed E-state index contributed by atoms with van der Waals surface area (Å²) in [4.78, 5) is 0. The van der Waals surface area contributed by atoms with E-state index < -0.39 is 6.10 Å². The average Bonchev–Trinajstić information content (AvgIpc) is 2.99. The minimum atomic E-state index is -0.484. The minimum absolute atomic E-state index is 0.444. The summed E-state index contributed by atoms with van der Waals surface area (Å²) < 4.78 is 7.38. The lowest BCUT2D eigenvalue weighted by Crippen LogP contribution is -2.07. The molecule has 0 aliphatic carbocycles. The first-order valence-corrected chi connectivity index (χ1v) is 6.49. The molecule has 2 rings (SSSR count). The van der Waals surface area contributed by atoms with Crippen molar-refractivity contribution in [2.75, 3.05) is 6.61 Å². The molecule has 2 unspecified atom stereocenters. The van der Waals surface area contributed by atoms with Crippen LogP contribution in [0.5, 0.6) is 0 Å². The second kappa shape index (κ2) is 6.12. The van der Waals surface area contributed by atoms with Gasteiger partial charge in [0.15, 0.2) is 0 Å². The van der Waals surface area contributed by atoms with Crippen molar-refractivity contribution in [2.24, 2.45) is 0 Å². The summed E-state index contributed by atoms with van der Waals surface area (Å²) in [5.41, 5.74) is 0.671. The summed E-state index contributed by atoms with van der Waals surface area (Å²) >= 11 is 0. The molecule has 2 atom stereocenters. The molecule has 5 heteroatoms. The quantitative estimate of drug-likeness (QED) is 0.820. The minimum Gasteiger partial charge on any atom is -0.387 e. The average molecular weight is 239 g/mol. The smallest absolute Gasteiger partial charge is 0.111 e. The molecule has 0 spiro atoms. The predicted molar refractivity (Wildman–Crippen MR) is 63.5 cm³/mol. The Kier molecular flexibility index (Phi) is 4.50. The molecule has 17 heavy (non-hydrogen) atoms. The SMILES string of the molecule is CCC(O)c1cn(CCCC2CCCO2)nn1. The van der Waals surface area contributed by atoms with Crippen LogP contribution in [0.15, 0.2) is 6.20 Å². The maximum Gasteiger partial charge on any atom is 0.111 e. The van der Waals surface area contributed by atoms with E-state index in [2.05, 4.69) is 10.3 Å². The van der Waals surface area contributed by atoms with Crippen LogP contribution in [0, 0.1) is 0 Å². The van der Waals surface area contributed by atoms with Gasteiger partial charge >= 0.3 is 0 Å². The largest absolute Gasteiger partial charge is 0.387 e. The van der Waals surface area contributed by atoms with Crippen LogP contribution in [0.25, 0.3) is 0 Å². The van der Waals surface area contributed by atoms with E-state index in [1.54, 1.807) is 0 Å². The molecule has 1 N–H and O–H groups in total.